The van der Waals surface area contributed by atoms with Gasteiger partial charge in [0.1, 0.15) is 0 Å². The summed E-state index contributed by atoms with van der Waals surface area (Å²) in [4.78, 5) is 0. The molecular formula is C19H27IrN-2. The second-order valence-corrected chi connectivity index (χ2v) is 7.63. The number of fused-ring (bicyclic) bond motifs is 1. The Kier molecular flexibility index (Phi) is 5.68. The number of rotatable bonds is 1. The topological polar surface area (TPSA) is 14.1 Å². The Morgan fingerprint density at radius 2 is 1.90 bits per heavy atom. The molecule has 0 aromatic heterocycles. The summed E-state index contributed by atoms with van der Waals surface area (Å²) in [6.07, 6.45) is 6.94. The molecule has 1 saturated heterocycles. The van der Waals surface area contributed by atoms with Gasteiger partial charge in [-0.3, -0.25) is 0 Å². The molecule has 2 fully saturated rings. The largest absolute Gasteiger partial charge is 0.657 e. The standard InChI is InChI=1S/C19H27N.Ir/c1-19(2,3)16-9-6-8-15(13-16)18-17-10-5-4-7-14(17)11-12-20-18;/h6,9,13-14,17-18H,4-5,7,10-12H2,1-3H3;/q-2;. The van der Waals surface area contributed by atoms with E-state index in [-0.39, 0.29) is 25.5 Å². The van der Waals surface area contributed by atoms with Crippen LogP contribution in [0.1, 0.15) is 70.0 Å². The Bertz CT molecular complexity index is 461. The Balaban J connectivity index is 0.00000161. The molecule has 3 rings (SSSR count). The molecular weight excluding hydrogens is 434 g/mol. The van der Waals surface area contributed by atoms with Crippen molar-refractivity contribution in [3.8, 4) is 0 Å². The molecule has 119 valence electrons. The van der Waals surface area contributed by atoms with Crippen LogP contribution in [0.5, 0.6) is 0 Å². The van der Waals surface area contributed by atoms with Crippen LogP contribution in [-0.2, 0) is 25.5 Å². The summed E-state index contributed by atoms with van der Waals surface area (Å²) < 4.78 is 0. The summed E-state index contributed by atoms with van der Waals surface area (Å²) in [5.74, 6) is 1.70. The molecule has 2 heteroatoms. The third-order valence-electron chi connectivity index (χ3n) is 5.21. The first-order valence-corrected chi connectivity index (χ1v) is 8.24. The van der Waals surface area contributed by atoms with Crippen molar-refractivity contribution in [1.29, 1.82) is 0 Å². The van der Waals surface area contributed by atoms with Gasteiger partial charge in [-0.2, -0.15) is 35.4 Å². The number of nitrogens with zero attached hydrogens (tertiary/aromatic N) is 1. The van der Waals surface area contributed by atoms with Crippen LogP contribution in [0.4, 0.5) is 0 Å². The fourth-order valence-electron chi connectivity index (χ4n) is 3.98. The van der Waals surface area contributed by atoms with E-state index < -0.39 is 0 Å². The maximum atomic E-state index is 4.98. The molecule has 1 nitrogen and oxygen atoms in total. The number of benzene rings is 1. The molecule has 1 aliphatic carbocycles. The molecule has 0 N–H and O–H groups in total. The first-order chi connectivity index (χ1) is 9.55. The van der Waals surface area contributed by atoms with E-state index in [0.717, 1.165) is 18.4 Å². The Labute approximate surface area is 143 Å². The van der Waals surface area contributed by atoms with Gasteiger partial charge in [0.25, 0.3) is 0 Å². The Morgan fingerprint density at radius 3 is 2.67 bits per heavy atom. The zero-order valence-electron chi connectivity index (χ0n) is 13.5. The molecule has 1 saturated carbocycles. The Morgan fingerprint density at radius 1 is 1.14 bits per heavy atom. The van der Waals surface area contributed by atoms with Crippen molar-refractivity contribution in [1.82, 2.24) is 0 Å². The first kappa shape index (κ1) is 17.2. The zero-order valence-corrected chi connectivity index (χ0v) is 15.9. The van der Waals surface area contributed by atoms with Gasteiger partial charge in [0.15, 0.2) is 0 Å². The molecule has 21 heavy (non-hydrogen) atoms. The second-order valence-electron chi connectivity index (χ2n) is 7.63. The molecule has 1 aromatic rings. The van der Waals surface area contributed by atoms with Gasteiger partial charge < -0.3 is 5.32 Å². The summed E-state index contributed by atoms with van der Waals surface area (Å²) in [5, 5.41) is 4.98. The average molecular weight is 462 g/mol. The van der Waals surface area contributed by atoms with Crippen LogP contribution in [0, 0.1) is 17.9 Å². The molecule has 0 bridgehead atoms. The molecule has 0 spiro atoms. The van der Waals surface area contributed by atoms with Gasteiger partial charge in [-0.25, -0.2) is 0 Å². The van der Waals surface area contributed by atoms with E-state index in [9.17, 15) is 0 Å². The van der Waals surface area contributed by atoms with Crippen molar-refractivity contribution in [2.75, 3.05) is 6.54 Å². The molecule has 3 unspecified atom stereocenters. The molecule has 0 amide bonds. The van der Waals surface area contributed by atoms with Gasteiger partial charge in [-0.05, 0) is 11.3 Å². The van der Waals surface area contributed by atoms with Crippen LogP contribution >= 0.6 is 0 Å². The van der Waals surface area contributed by atoms with Gasteiger partial charge in [0.2, 0.25) is 0 Å². The summed E-state index contributed by atoms with van der Waals surface area (Å²) in [6, 6.07) is 10.6. The number of hydrogen-bond acceptors (Lipinski definition) is 0. The van der Waals surface area contributed by atoms with Gasteiger partial charge >= 0.3 is 0 Å². The van der Waals surface area contributed by atoms with Crippen molar-refractivity contribution >= 4 is 0 Å². The third kappa shape index (κ3) is 3.78. The summed E-state index contributed by atoms with van der Waals surface area (Å²) >= 11 is 0. The summed E-state index contributed by atoms with van der Waals surface area (Å²) in [6.45, 7) is 7.91. The van der Waals surface area contributed by atoms with Crippen molar-refractivity contribution < 1.29 is 20.1 Å². The number of hydrogen-bond donors (Lipinski definition) is 0. The SMILES string of the molecule is CC(C)(C)c1cc[c-]c(C2[N-]CCC3CCCCC32)c1.[Ir]. The fraction of sp³-hybridized carbons (Fsp3) is 0.684. The quantitative estimate of drug-likeness (QED) is 0.497. The number of piperidine rings is 1. The van der Waals surface area contributed by atoms with Crippen molar-refractivity contribution in [3.05, 3.63) is 40.7 Å². The first-order valence-electron chi connectivity index (χ1n) is 8.24. The predicted molar refractivity (Wildman–Crippen MR) is 85.0 cm³/mol. The van der Waals surface area contributed by atoms with Gasteiger partial charge in [-0.1, -0.05) is 58.8 Å². The van der Waals surface area contributed by atoms with Crippen LogP contribution in [0.3, 0.4) is 0 Å². The van der Waals surface area contributed by atoms with E-state index in [4.69, 9.17) is 5.32 Å². The van der Waals surface area contributed by atoms with Crippen LogP contribution in [0.25, 0.3) is 5.32 Å². The normalized spacial score (nSPS) is 29.4. The smallest absolute Gasteiger partial charge is 0 e. The Hall–Kier alpha value is -0.171. The fourth-order valence-corrected chi connectivity index (χ4v) is 3.98. The van der Waals surface area contributed by atoms with E-state index in [1.165, 1.54) is 43.2 Å². The van der Waals surface area contributed by atoms with Crippen molar-refractivity contribution in [3.63, 3.8) is 0 Å². The van der Waals surface area contributed by atoms with Gasteiger partial charge in [-0.15, -0.1) is 12.6 Å². The monoisotopic (exact) mass is 462 g/mol. The van der Waals surface area contributed by atoms with Crippen LogP contribution in [-0.4, -0.2) is 6.54 Å². The summed E-state index contributed by atoms with van der Waals surface area (Å²) in [5.41, 5.74) is 2.97. The van der Waals surface area contributed by atoms with Crippen molar-refractivity contribution in [2.24, 2.45) is 11.8 Å². The van der Waals surface area contributed by atoms with Gasteiger partial charge in [0.05, 0.1) is 0 Å². The minimum Gasteiger partial charge on any atom is -0.657 e. The minimum atomic E-state index is 0. The van der Waals surface area contributed by atoms with Crippen LogP contribution in [0.2, 0.25) is 0 Å². The van der Waals surface area contributed by atoms with Crippen molar-refractivity contribution in [2.45, 2.75) is 64.3 Å². The van der Waals surface area contributed by atoms with Gasteiger partial charge in [0, 0.05) is 20.1 Å². The second kappa shape index (κ2) is 6.94. The molecule has 2 aliphatic rings. The van der Waals surface area contributed by atoms with E-state index in [1.807, 2.05) is 0 Å². The maximum Gasteiger partial charge on any atom is 0 e. The third-order valence-corrected chi connectivity index (χ3v) is 5.21. The zero-order chi connectivity index (χ0) is 14.2. The van der Waals surface area contributed by atoms with Crippen LogP contribution < -0.4 is 0 Å². The van der Waals surface area contributed by atoms with Crippen LogP contribution in [0.15, 0.2) is 18.2 Å². The summed E-state index contributed by atoms with van der Waals surface area (Å²) in [7, 11) is 0. The average Bonchev–Trinajstić information content (AvgIpc) is 2.46. The van der Waals surface area contributed by atoms with E-state index >= 15 is 0 Å². The van der Waals surface area contributed by atoms with E-state index in [1.54, 1.807) is 0 Å². The molecule has 3 atom stereocenters. The minimum absolute atomic E-state index is 0. The van der Waals surface area contributed by atoms with E-state index in [0.29, 0.717) is 6.04 Å². The molecule has 1 aromatic carbocycles. The molecule has 1 heterocycles. The van der Waals surface area contributed by atoms with E-state index in [2.05, 4.69) is 45.0 Å². The maximum absolute atomic E-state index is 4.98. The molecule has 1 radical (unpaired) electrons. The molecule has 1 aliphatic heterocycles. The predicted octanol–water partition coefficient (Wildman–Crippen LogP) is 5.41.